The molecule has 0 radical (unpaired) electrons. The van der Waals surface area contributed by atoms with Gasteiger partial charge in [-0.1, -0.05) is 18.2 Å². The molecule has 0 atom stereocenters. The summed E-state index contributed by atoms with van der Waals surface area (Å²) >= 11 is 0. The number of hydrogen-bond donors (Lipinski definition) is 0. The van der Waals surface area contributed by atoms with Crippen molar-refractivity contribution in [3.05, 3.63) is 122 Å². The van der Waals surface area contributed by atoms with E-state index in [2.05, 4.69) is 62.6 Å². The Kier molecular flexibility index (Phi) is 4.57. The minimum atomic E-state index is 0.856. The van der Waals surface area contributed by atoms with Gasteiger partial charge >= 0.3 is 0 Å². The molecule has 0 fully saturated rings. The summed E-state index contributed by atoms with van der Waals surface area (Å²) < 4.78 is 4.56. The van der Waals surface area contributed by atoms with Gasteiger partial charge in [-0.25, -0.2) is 0 Å². The van der Waals surface area contributed by atoms with Crippen molar-refractivity contribution in [2.24, 2.45) is 0 Å². The minimum absolute atomic E-state index is 0.856. The molecule has 0 aliphatic heterocycles. The zero-order valence-corrected chi connectivity index (χ0v) is 23.1. The Morgan fingerprint density at radius 3 is 1.93 bits per heavy atom. The molecule has 0 saturated heterocycles. The summed E-state index contributed by atoms with van der Waals surface area (Å²) in [5.41, 5.74) is 10.3. The average molecular weight is 565 g/mol. The van der Waals surface area contributed by atoms with Gasteiger partial charge in [-0.15, -0.1) is 0 Å². The summed E-state index contributed by atoms with van der Waals surface area (Å²) in [6.45, 7) is 0. The number of rotatable bonds is 2. The summed E-state index contributed by atoms with van der Waals surface area (Å²) in [5, 5.41) is 5.13. The summed E-state index contributed by atoms with van der Waals surface area (Å²) in [6, 6.07) is 26.8. The van der Waals surface area contributed by atoms with E-state index >= 15 is 0 Å². The molecule has 8 heterocycles. The number of fused-ring (bicyclic) bond motifs is 13. The molecular weight excluding hydrogens is 544 g/mol. The summed E-state index contributed by atoms with van der Waals surface area (Å²) in [7, 11) is 0. The fourth-order valence-corrected chi connectivity index (χ4v) is 6.90. The minimum Gasteiger partial charge on any atom is -0.306 e. The zero-order chi connectivity index (χ0) is 28.8. The van der Waals surface area contributed by atoms with Gasteiger partial charge < -0.3 is 9.13 Å². The maximum absolute atomic E-state index is 5.00. The van der Waals surface area contributed by atoms with Crippen molar-refractivity contribution in [1.29, 1.82) is 0 Å². The Hall–Kier alpha value is -6.28. The summed E-state index contributed by atoms with van der Waals surface area (Å²) in [6.07, 6.45) is 12.9. The van der Waals surface area contributed by atoms with Crippen LogP contribution >= 0.6 is 0 Å². The van der Waals surface area contributed by atoms with Gasteiger partial charge in [0, 0.05) is 58.7 Å². The lowest BCUT2D eigenvalue weighted by Crippen LogP contribution is -1.99. The first-order chi connectivity index (χ1) is 21.9. The number of benzene rings is 2. The molecule has 0 amide bonds. The predicted octanol–water partition coefficient (Wildman–Crippen LogP) is 7.71. The SMILES string of the molecule is c1cncc(-n2c3cccnc3c3c2c2ncccc2c2c4ncccc4n(-c4ccnc5c4ccc4cccnc45)c23)c1. The first-order valence-electron chi connectivity index (χ1n) is 14.4. The molecule has 8 aromatic heterocycles. The van der Waals surface area contributed by atoms with E-state index in [1.807, 2.05) is 67.5 Å². The number of nitrogens with zero attached hydrogens (tertiary/aromatic N) is 8. The van der Waals surface area contributed by atoms with Crippen molar-refractivity contribution in [3.63, 3.8) is 0 Å². The van der Waals surface area contributed by atoms with E-state index in [1.54, 1.807) is 6.20 Å². The van der Waals surface area contributed by atoms with E-state index in [4.69, 9.17) is 24.9 Å². The third-order valence-corrected chi connectivity index (χ3v) is 8.59. The van der Waals surface area contributed by atoms with Gasteiger partial charge in [0.2, 0.25) is 0 Å². The molecule has 0 aliphatic carbocycles. The van der Waals surface area contributed by atoms with E-state index in [1.165, 1.54) is 0 Å². The second kappa shape index (κ2) is 8.62. The molecule has 0 spiro atoms. The normalized spacial score (nSPS) is 12.1. The fourth-order valence-electron chi connectivity index (χ4n) is 6.90. The Balaban J connectivity index is 1.52. The quantitative estimate of drug-likeness (QED) is 0.200. The highest BCUT2D eigenvalue weighted by molar-refractivity contribution is 6.35. The molecule has 10 rings (SSSR count). The third-order valence-electron chi connectivity index (χ3n) is 8.59. The zero-order valence-electron chi connectivity index (χ0n) is 23.1. The Labute approximate surface area is 248 Å². The number of hydrogen-bond acceptors (Lipinski definition) is 6. The molecule has 0 N–H and O–H groups in total. The van der Waals surface area contributed by atoms with Crippen LogP contribution in [0.25, 0.3) is 88.0 Å². The van der Waals surface area contributed by atoms with E-state index in [0.29, 0.717) is 0 Å². The van der Waals surface area contributed by atoms with Crippen LogP contribution in [0.3, 0.4) is 0 Å². The predicted molar refractivity (Wildman–Crippen MR) is 174 cm³/mol. The third kappa shape index (κ3) is 2.95. The standard InChI is InChI=1S/C36H20N8/c1-6-21-11-12-23-25(13-19-42-31(23)30(21)38-15-1)44-27-10-5-17-40-33(27)28-24-8-3-16-39-32(24)36-29(35(28)44)34-26(9-4-18-41-34)43(36)22-7-2-14-37-20-22/h1-20H. The van der Waals surface area contributed by atoms with Crippen molar-refractivity contribution in [3.8, 4) is 11.4 Å². The van der Waals surface area contributed by atoms with E-state index in [9.17, 15) is 0 Å². The lowest BCUT2D eigenvalue weighted by Gasteiger charge is -2.14. The van der Waals surface area contributed by atoms with Crippen LogP contribution in [-0.4, -0.2) is 39.0 Å². The number of aromatic nitrogens is 8. The van der Waals surface area contributed by atoms with Gasteiger partial charge in [0.25, 0.3) is 0 Å². The molecule has 10 aromatic rings. The summed E-state index contributed by atoms with van der Waals surface area (Å²) in [4.78, 5) is 29.0. The maximum atomic E-state index is 5.00. The molecule has 44 heavy (non-hydrogen) atoms. The van der Waals surface area contributed by atoms with Crippen LogP contribution in [-0.2, 0) is 0 Å². The summed E-state index contributed by atoms with van der Waals surface area (Å²) in [5.74, 6) is 0. The second-order valence-electron chi connectivity index (χ2n) is 10.8. The van der Waals surface area contributed by atoms with Gasteiger partial charge in [-0.05, 0) is 60.7 Å². The molecular formula is C36H20N8. The fraction of sp³-hybridized carbons (Fsp3) is 0. The maximum Gasteiger partial charge on any atom is 0.0985 e. The van der Waals surface area contributed by atoms with Crippen LogP contribution < -0.4 is 0 Å². The Morgan fingerprint density at radius 1 is 0.432 bits per heavy atom. The van der Waals surface area contributed by atoms with E-state index in [0.717, 1.165) is 88.0 Å². The van der Waals surface area contributed by atoms with Crippen molar-refractivity contribution >= 4 is 76.6 Å². The van der Waals surface area contributed by atoms with Gasteiger partial charge in [0.05, 0.1) is 72.6 Å². The molecule has 2 aromatic carbocycles. The Bertz CT molecular complexity index is 2780. The molecule has 0 saturated carbocycles. The topological polar surface area (TPSA) is 87.2 Å². The lowest BCUT2D eigenvalue weighted by molar-refractivity contribution is 1.14. The van der Waals surface area contributed by atoms with Crippen LogP contribution in [0.15, 0.2) is 122 Å². The molecule has 204 valence electrons. The van der Waals surface area contributed by atoms with Gasteiger partial charge in [0.15, 0.2) is 0 Å². The van der Waals surface area contributed by atoms with Crippen LogP contribution in [0.5, 0.6) is 0 Å². The molecule has 8 nitrogen and oxygen atoms in total. The average Bonchev–Trinajstić information content (AvgIpc) is 3.62. The first-order valence-corrected chi connectivity index (χ1v) is 14.4. The van der Waals surface area contributed by atoms with Gasteiger partial charge in [0.1, 0.15) is 0 Å². The highest BCUT2D eigenvalue weighted by Gasteiger charge is 2.26. The molecule has 0 aliphatic rings. The second-order valence-corrected chi connectivity index (χ2v) is 10.8. The smallest absolute Gasteiger partial charge is 0.0985 e. The van der Waals surface area contributed by atoms with Crippen molar-refractivity contribution in [1.82, 2.24) is 39.0 Å². The highest BCUT2D eigenvalue weighted by atomic mass is 15.0. The monoisotopic (exact) mass is 564 g/mol. The van der Waals surface area contributed by atoms with E-state index < -0.39 is 0 Å². The molecule has 0 unspecified atom stereocenters. The van der Waals surface area contributed by atoms with Crippen LogP contribution in [0.2, 0.25) is 0 Å². The van der Waals surface area contributed by atoms with Crippen LogP contribution in [0, 0.1) is 0 Å². The lowest BCUT2D eigenvalue weighted by atomic mass is 10.0. The van der Waals surface area contributed by atoms with Crippen molar-refractivity contribution < 1.29 is 0 Å². The molecule has 0 bridgehead atoms. The Morgan fingerprint density at radius 2 is 1.11 bits per heavy atom. The number of pyridine rings is 6. The molecule has 8 heteroatoms. The van der Waals surface area contributed by atoms with Crippen molar-refractivity contribution in [2.75, 3.05) is 0 Å². The first kappa shape index (κ1) is 23.3. The largest absolute Gasteiger partial charge is 0.306 e. The van der Waals surface area contributed by atoms with Gasteiger partial charge in [-0.2, -0.15) is 0 Å². The highest BCUT2D eigenvalue weighted by Crippen LogP contribution is 2.45. The van der Waals surface area contributed by atoms with Crippen molar-refractivity contribution in [2.45, 2.75) is 0 Å². The van der Waals surface area contributed by atoms with E-state index in [-0.39, 0.29) is 0 Å². The van der Waals surface area contributed by atoms with Crippen LogP contribution in [0.1, 0.15) is 0 Å². The van der Waals surface area contributed by atoms with Crippen LogP contribution in [0.4, 0.5) is 0 Å². The van der Waals surface area contributed by atoms with Gasteiger partial charge in [-0.3, -0.25) is 29.9 Å².